The molecule has 66 valence electrons. The number of aliphatic hydroxyl groups is 1. The van der Waals surface area contributed by atoms with Crippen LogP contribution in [0, 0.1) is 0 Å². The fraction of sp³-hybridized carbons (Fsp3) is 1.00. The minimum Gasteiger partial charge on any atom is -0.391 e. The molecule has 5 heteroatoms. The number of halogens is 4. The van der Waals surface area contributed by atoms with Gasteiger partial charge >= 0.3 is 0 Å². The van der Waals surface area contributed by atoms with Crippen LogP contribution < -0.4 is 0 Å². The van der Waals surface area contributed by atoms with Gasteiger partial charge in [-0.1, -0.05) is 0 Å². The summed E-state index contributed by atoms with van der Waals surface area (Å²) in [6.45, 7) is 0. The summed E-state index contributed by atoms with van der Waals surface area (Å²) in [5.74, 6) is 0. The lowest BCUT2D eigenvalue weighted by atomic mass is 9.96. The molecular formula is C6H8Cl4O. The molecule has 1 nitrogen and oxygen atoms in total. The maximum Gasteiger partial charge on any atom is 0.0774 e. The molecule has 1 aliphatic rings. The smallest absolute Gasteiger partial charge is 0.0774 e. The van der Waals surface area contributed by atoms with Crippen molar-refractivity contribution >= 4 is 46.4 Å². The maximum absolute atomic E-state index is 9.28. The predicted molar refractivity (Wildman–Crippen MR) is 49.2 cm³/mol. The zero-order chi connectivity index (χ0) is 8.59. The van der Waals surface area contributed by atoms with Gasteiger partial charge in [0.05, 0.1) is 27.6 Å². The van der Waals surface area contributed by atoms with Crippen LogP contribution in [0.5, 0.6) is 0 Å². The summed E-state index contributed by atoms with van der Waals surface area (Å²) in [6, 6.07) is 0. The molecule has 0 heterocycles. The normalized spacial score (nSPS) is 52.6. The number of hydrogen-bond donors (Lipinski definition) is 1. The van der Waals surface area contributed by atoms with Crippen LogP contribution in [0.25, 0.3) is 0 Å². The summed E-state index contributed by atoms with van der Waals surface area (Å²) >= 11 is 23.2. The Kier molecular flexibility index (Phi) is 3.60. The molecule has 0 aromatic rings. The van der Waals surface area contributed by atoms with E-state index in [9.17, 15) is 5.11 Å². The molecule has 5 atom stereocenters. The zero-order valence-corrected chi connectivity index (χ0v) is 8.58. The Morgan fingerprint density at radius 3 is 2.00 bits per heavy atom. The Balaban J connectivity index is 2.63. The van der Waals surface area contributed by atoms with Gasteiger partial charge in [-0.25, -0.2) is 0 Å². The Labute approximate surface area is 85.6 Å². The van der Waals surface area contributed by atoms with Crippen molar-refractivity contribution in [3.8, 4) is 0 Å². The van der Waals surface area contributed by atoms with Crippen molar-refractivity contribution in [2.24, 2.45) is 0 Å². The highest BCUT2D eigenvalue weighted by Crippen LogP contribution is 2.34. The molecule has 1 N–H and O–H groups in total. The van der Waals surface area contributed by atoms with E-state index in [4.69, 9.17) is 46.4 Å². The van der Waals surface area contributed by atoms with Gasteiger partial charge in [0, 0.05) is 0 Å². The quantitative estimate of drug-likeness (QED) is 0.641. The molecule has 0 bridgehead atoms. The lowest BCUT2D eigenvalue weighted by molar-refractivity contribution is 0.139. The topological polar surface area (TPSA) is 20.2 Å². The molecule has 5 unspecified atom stereocenters. The minimum atomic E-state index is -0.642. The van der Waals surface area contributed by atoms with Gasteiger partial charge in [0.25, 0.3) is 0 Å². The number of alkyl halides is 4. The summed E-state index contributed by atoms with van der Waals surface area (Å²) < 4.78 is 0. The second kappa shape index (κ2) is 3.89. The lowest BCUT2D eigenvalue weighted by Crippen LogP contribution is -2.46. The third kappa shape index (κ3) is 2.07. The highest BCUT2D eigenvalue weighted by molar-refractivity contribution is 6.38. The minimum absolute atomic E-state index is 0.288. The number of hydrogen-bond acceptors (Lipinski definition) is 1. The van der Waals surface area contributed by atoms with E-state index < -0.39 is 16.9 Å². The predicted octanol–water partition coefficient (Wildman–Crippen LogP) is 2.18. The van der Waals surface area contributed by atoms with Crippen molar-refractivity contribution in [1.29, 1.82) is 0 Å². The van der Waals surface area contributed by atoms with Gasteiger partial charge in [-0.15, -0.1) is 46.4 Å². The van der Waals surface area contributed by atoms with Crippen LogP contribution in [0.2, 0.25) is 0 Å². The van der Waals surface area contributed by atoms with Crippen LogP contribution >= 0.6 is 46.4 Å². The average Bonchev–Trinajstić information content (AvgIpc) is 1.97. The third-order valence-electron chi connectivity index (χ3n) is 1.79. The first-order valence-corrected chi connectivity index (χ1v) is 5.03. The van der Waals surface area contributed by atoms with Gasteiger partial charge in [0.1, 0.15) is 0 Å². The summed E-state index contributed by atoms with van der Waals surface area (Å²) in [7, 11) is 0. The van der Waals surface area contributed by atoms with Crippen LogP contribution in [0.1, 0.15) is 6.42 Å². The van der Waals surface area contributed by atoms with E-state index in [-0.39, 0.29) is 10.8 Å². The van der Waals surface area contributed by atoms with E-state index in [1.807, 2.05) is 0 Å². The van der Waals surface area contributed by atoms with E-state index in [0.29, 0.717) is 6.42 Å². The Morgan fingerprint density at radius 2 is 1.45 bits per heavy atom. The van der Waals surface area contributed by atoms with Gasteiger partial charge in [-0.3, -0.25) is 0 Å². The highest BCUT2D eigenvalue weighted by atomic mass is 35.5. The summed E-state index contributed by atoms with van der Waals surface area (Å²) in [5, 5.41) is 7.69. The Morgan fingerprint density at radius 1 is 0.909 bits per heavy atom. The summed E-state index contributed by atoms with van der Waals surface area (Å²) in [5.41, 5.74) is 0. The van der Waals surface area contributed by atoms with Crippen molar-refractivity contribution in [3.05, 3.63) is 0 Å². The third-order valence-corrected chi connectivity index (χ3v) is 4.31. The molecule has 0 saturated heterocycles. The van der Waals surface area contributed by atoms with Gasteiger partial charge in [0.15, 0.2) is 0 Å². The SMILES string of the molecule is OC1CC(Cl)C(Cl)C(Cl)C1Cl. The monoisotopic (exact) mass is 236 g/mol. The molecule has 11 heavy (non-hydrogen) atoms. The molecule has 1 saturated carbocycles. The standard InChI is InChI=1S/C6H8Cl4O/c7-2-1-3(11)5(9)6(10)4(2)8/h2-6,11H,1H2. The van der Waals surface area contributed by atoms with Crippen molar-refractivity contribution in [2.75, 3.05) is 0 Å². The van der Waals surface area contributed by atoms with Gasteiger partial charge in [0.2, 0.25) is 0 Å². The zero-order valence-electron chi connectivity index (χ0n) is 5.55. The Bertz CT molecular complexity index is 129. The van der Waals surface area contributed by atoms with Crippen molar-refractivity contribution in [3.63, 3.8) is 0 Å². The second-order valence-electron chi connectivity index (χ2n) is 2.65. The lowest BCUT2D eigenvalue weighted by Gasteiger charge is -2.34. The first kappa shape index (κ1) is 10.2. The van der Waals surface area contributed by atoms with E-state index in [1.165, 1.54) is 0 Å². The fourth-order valence-corrected chi connectivity index (χ4v) is 2.43. The molecule has 1 aliphatic carbocycles. The van der Waals surface area contributed by atoms with Crippen LogP contribution in [-0.2, 0) is 0 Å². The first-order chi connectivity index (χ1) is 5.04. The van der Waals surface area contributed by atoms with Crippen LogP contribution in [0.3, 0.4) is 0 Å². The van der Waals surface area contributed by atoms with Gasteiger partial charge in [-0.2, -0.15) is 0 Å². The van der Waals surface area contributed by atoms with Crippen LogP contribution in [0.4, 0.5) is 0 Å². The molecule has 0 amide bonds. The maximum atomic E-state index is 9.28. The van der Waals surface area contributed by atoms with Crippen molar-refractivity contribution < 1.29 is 5.11 Å². The molecule has 0 radical (unpaired) electrons. The molecule has 1 fully saturated rings. The van der Waals surface area contributed by atoms with Crippen LogP contribution in [0.15, 0.2) is 0 Å². The molecular weight excluding hydrogens is 230 g/mol. The molecule has 0 aliphatic heterocycles. The van der Waals surface area contributed by atoms with E-state index in [0.717, 1.165) is 0 Å². The van der Waals surface area contributed by atoms with Gasteiger partial charge in [-0.05, 0) is 6.42 Å². The van der Waals surface area contributed by atoms with Crippen molar-refractivity contribution in [1.82, 2.24) is 0 Å². The van der Waals surface area contributed by atoms with E-state index in [1.54, 1.807) is 0 Å². The Hall–Kier alpha value is 1.12. The molecule has 1 rings (SSSR count). The van der Waals surface area contributed by atoms with E-state index in [2.05, 4.69) is 0 Å². The summed E-state index contributed by atoms with van der Waals surface area (Å²) in [6.07, 6.45) is -0.232. The van der Waals surface area contributed by atoms with Crippen LogP contribution in [-0.4, -0.2) is 32.7 Å². The molecule has 0 aromatic carbocycles. The number of rotatable bonds is 0. The fourth-order valence-electron chi connectivity index (χ4n) is 1.08. The molecule has 0 aromatic heterocycles. The number of aliphatic hydroxyl groups excluding tert-OH is 1. The van der Waals surface area contributed by atoms with E-state index >= 15 is 0 Å². The average molecular weight is 238 g/mol. The first-order valence-electron chi connectivity index (χ1n) is 3.28. The second-order valence-corrected chi connectivity index (χ2v) is 4.72. The van der Waals surface area contributed by atoms with Gasteiger partial charge < -0.3 is 5.11 Å². The molecule has 0 spiro atoms. The summed E-state index contributed by atoms with van der Waals surface area (Å²) in [4.78, 5) is 0. The largest absolute Gasteiger partial charge is 0.391 e. The van der Waals surface area contributed by atoms with Crippen molar-refractivity contribution in [2.45, 2.75) is 34.0 Å². The highest BCUT2D eigenvalue weighted by Gasteiger charge is 2.40.